The molecule has 14 heavy (non-hydrogen) atoms. The van der Waals surface area contributed by atoms with E-state index in [1.807, 2.05) is 19.2 Å². The molecule has 0 aromatic carbocycles. The van der Waals surface area contributed by atoms with Gasteiger partial charge in [0.25, 0.3) is 0 Å². The first kappa shape index (κ1) is 8.96. The Morgan fingerprint density at radius 2 is 2.29 bits per heavy atom. The SMILES string of the molecule is CNc1ccc2[nH]c(CCN)nc2n1. The number of pyridine rings is 1. The van der Waals surface area contributed by atoms with Crippen molar-refractivity contribution in [3.8, 4) is 0 Å². The quantitative estimate of drug-likeness (QED) is 0.660. The highest BCUT2D eigenvalue weighted by atomic mass is 15.0. The number of anilines is 1. The van der Waals surface area contributed by atoms with E-state index in [9.17, 15) is 0 Å². The molecule has 2 heterocycles. The number of nitrogens with one attached hydrogen (secondary N) is 2. The number of hydrogen-bond acceptors (Lipinski definition) is 4. The van der Waals surface area contributed by atoms with Crippen molar-refractivity contribution in [1.29, 1.82) is 0 Å². The number of rotatable bonds is 3. The minimum atomic E-state index is 0.596. The lowest BCUT2D eigenvalue weighted by atomic mass is 10.4. The fourth-order valence-corrected chi connectivity index (χ4v) is 1.34. The second kappa shape index (κ2) is 3.63. The van der Waals surface area contributed by atoms with Crippen LogP contribution in [0.2, 0.25) is 0 Å². The molecule has 2 aromatic rings. The molecule has 2 rings (SSSR count). The summed E-state index contributed by atoms with van der Waals surface area (Å²) in [5, 5.41) is 2.97. The van der Waals surface area contributed by atoms with Crippen LogP contribution < -0.4 is 11.1 Å². The minimum absolute atomic E-state index is 0.596. The standard InChI is InChI=1S/C9H13N5/c1-11-7-3-2-6-9(13-7)14-8(12-6)4-5-10/h2-3H,4-5,10H2,1H3,(H2,11,12,13,14). The monoisotopic (exact) mass is 191 g/mol. The molecule has 5 nitrogen and oxygen atoms in total. The molecule has 0 fully saturated rings. The van der Waals surface area contributed by atoms with Crippen LogP contribution in [-0.4, -0.2) is 28.5 Å². The van der Waals surface area contributed by atoms with E-state index in [1.54, 1.807) is 0 Å². The fraction of sp³-hybridized carbons (Fsp3) is 0.333. The summed E-state index contributed by atoms with van der Waals surface area (Å²) >= 11 is 0. The summed E-state index contributed by atoms with van der Waals surface area (Å²) in [6.07, 6.45) is 0.755. The van der Waals surface area contributed by atoms with E-state index in [1.165, 1.54) is 0 Å². The number of hydrogen-bond donors (Lipinski definition) is 3. The van der Waals surface area contributed by atoms with Crippen molar-refractivity contribution in [2.24, 2.45) is 5.73 Å². The maximum absolute atomic E-state index is 5.45. The van der Waals surface area contributed by atoms with Gasteiger partial charge in [0.1, 0.15) is 11.6 Å². The molecule has 0 saturated heterocycles. The van der Waals surface area contributed by atoms with Crippen LogP contribution in [0.15, 0.2) is 12.1 Å². The lowest BCUT2D eigenvalue weighted by Crippen LogP contribution is -2.03. The number of aromatic nitrogens is 3. The van der Waals surface area contributed by atoms with Crippen LogP contribution in [0.4, 0.5) is 5.82 Å². The summed E-state index contributed by atoms with van der Waals surface area (Å²) in [6, 6.07) is 3.87. The number of fused-ring (bicyclic) bond motifs is 1. The van der Waals surface area contributed by atoms with Gasteiger partial charge in [0, 0.05) is 13.5 Å². The van der Waals surface area contributed by atoms with Gasteiger partial charge in [-0.1, -0.05) is 0 Å². The molecule has 4 N–H and O–H groups in total. The Labute approximate surface area is 81.7 Å². The van der Waals surface area contributed by atoms with Crippen LogP contribution in [-0.2, 0) is 6.42 Å². The van der Waals surface area contributed by atoms with Crippen LogP contribution in [0.5, 0.6) is 0 Å². The Morgan fingerprint density at radius 1 is 1.43 bits per heavy atom. The van der Waals surface area contributed by atoms with Gasteiger partial charge in [-0.05, 0) is 18.7 Å². The first-order chi connectivity index (χ1) is 6.83. The van der Waals surface area contributed by atoms with E-state index in [0.717, 1.165) is 29.2 Å². The third kappa shape index (κ3) is 1.54. The summed E-state index contributed by atoms with van der Waals surface area (Å²) in [5.74, 6) is 1.71. The topological polar surface area (TPSA) is 79.6 Å². The maximum Gasteiger partial charge on any atom is 0.179 e. The summed E-state index contributed by atoms with van der Waals surface area (Å²) in [5.41, 5.74) is 7.13. The van der Waals surface area contributed by atoms with Gasteiger partial charge in [-0.15, -0.1) is 0 Å². The van der Waals surface area contributed by atoms with Crippen molar-refractivity contribution in [1.82, 2.24) is 15.0 Å². The van der Waals surface area contributed by atoms with Gasteiger partial charge in [0.2, 0.25) is 0 Å². The van der Waals surface area contributed by atoms with Crippen molar-refractivity contribution < 1.29 is 0 Å². The highest BCUT2D eigenvalue weighted by Crippen LogP contribution is 2.12. The molecule has 74 valence electrons. The molecule has 0 spiro atoms. The fourth-order valence-electron chi connectivity index (χ4n) is 1.34. The van der Waals surface area contributed by atoms with Gasteiger partial charge >= 0.3 is 0 Å². The number of nitrogens with two attached hydrogens (primary N) is 1. The van der Waals surface area contributed by atoms with E-state index < -0.39 is 0 Å². The molecule has 0 bridgehead atoms. The second-order valence-electron chi connectivity index (χ2n) is 3.04. The van der Waals surface area contributed by atoms with E-state index in [2.05, 4.69) is 20.3 Å². The van der Waals surface area contributed by atoms with Crippen LogP contribution >= 0.6 is 0 Å². The third-order valence-electron chi connectivity index (χ3n) is 2.03. The molecule has 0 aliphatic rings. The molecule has 2 aromatic heterocycles. The van der Waals surface area contributed by atoms with Gasteiger partial charge < -0.3 is 16.0 Å². The number of H-pyrrole nitrogens is 1. The molecule has 0 atom stereocenters. The van der Waals surface area contributed by atoms with Gasteiger partial charge in [0.05, 0.1) is 5.52 Å². The molecular formula is C9H13N5. The van der Waals surface area contributed by atoms with Crippen LogP contribution in [0.1, 0.15) is 5.82 Å². The van der Waals surface area contributed by atoms with Gasteiger partial charge in [-0.2, -0.15) is 0 Å². The Bertz CT molecular complexity index is 434. The van der Waals surface area contributed by atoms with Crippen molar-refractivity contribution in [3.63, 3.8) is 0 Å². The number of nitrogens with zero attached hydrogens (tertiary/aromatic N) is 2. The Balaban J connectivity index is 2.43. The predicted octanol–water partition coefficient (Wildman–Crippen LogP) is 0.501. The van der Waals surface area contributed by atoms with E-state index >= 15 is 0 Å². The second-order valence-corrected chi connectivity index (χ2v) is 3.04. The maximum atomic E-state index is 5.45. The zero-order valence-corrected chi connectivity index (χ0v) is 8.04. The summed E-state index contributed by atoms with van der Waals surface area (Å²) in [6.45, 7) is 0.596. The Morgan fingerprint density at radius 3 is 3.00 bits per heavy atom. The third-order valence-corrected chi connectivity index (χ3v) is 2.03. The zero-order valence-electron chi connectivity index (χ0n) is 8.04. The van der Waals surface area contributed by atoms with Crippen molar-refractivity contribution in [3.05, 3.63) is 18.0 Å². The van der Waals surface area contributed by atoms with E-state index in [-0.39, 0.29) is 0 Å². The molecule has 0 saturated carbocycles. The van der Waals surface area contributed by atoms with Crippen LogP contribution in [0.25, 0.3) is 11.2 Å². The average molecular weight is 191 g/mol. The van der Waals surface area contributed by atoms with Gasteiger partial charge in [-0.3, -0.25) is 0 Å². The number of aromatic amines is 1. The molecule has 0 aliphatic heterocycles. The van der Waals surface area contributed by atoms with Crippen molar-refractivity contribution in [2.45, 2.75) is 6.42 Å². The lowest BCUT2D eigenvalue weighted by molar-refractivity contribution is 0.899. The normalized spacial score (nSPS) is 10.7. The molecule has 0 unspecified atom stereocenters. The van der Waals surface area contributed by atoms with Crippen LogP contribution in [0.3, 0.4) is 0 Å². The average Bonchev–Trinajstić information content (AvgIpc) is 2.59. The van der Waals surface area contributed by atoms with E-state index in [4.69, 9.17) is 5.73 Å². The van der Waals surface area contributed by atoms with Gasteiger partial charge in [-0.25, -0.2) is 9.97 Å². The highest BCUT2D eigenvalue weighted by Gasteiger charge is 2.03. The lowest BCUT2D eigenvalue weighted by Gasteiger charge is -1.95. The molecule has 0 radical (unpaired) electrons. The molecular weight excluding hydrogens is 178 g/mol. The summed E-state index contributed by atoms with van der Waals surface area (Å²) < 4.78 is 0. The zero-order chi connectivity index (χ0) is 9.97. The summed E-state index contributed by atoms with van der Waals surface area (Å²) in [4.78, 5) is 11.8. The number of imidazole rings is 1. The summed E-state index contributed by atoms with van der Waals surface area (Å²) in [7, 11) is 1.83. The largest absolute Gasteiger partial charge is 0.373 e. The molecule has 5 heteroatoms. The Kier molecular flexibility index (Phi) is 2.32. The van der Waals surface area contributed by atoms with E-state index in [0.29, 0.717) is 6.54 Å². The Hall–Kier alpha value is -1.62. The first-order valence-electron chi connectivity index (χ1n) is 4.57. The van der Waals surface area contributed by atoms with Crippen molar-refractivity contribution >= 4 is 17.0 Å². The molecule has 0 amide bonds. The highest BCUT2D eigenvalue weighted by molar-refractivity contribution is 5.72. The first-order valence-corrected chi connectivity index (χ1v) is 4.57. The van der Waals surface area contributed by atoms with Gasteiger partial charge in [0.15, 0.2) is 5.65 Å². The molecule has 0 aliphatic carbocycles. The minimum Gasteiger partial charge on any atom is -0.373 e. The smallest absolute Gasteiger partial charge is 0.179 e. The van der Waals surface area contributed by atoms with Crippen molar-refractivity contribution in [2.75, 3.05) is 18.9 Å². The predicted molar refractivity (Wildman–Crippen MR) is 56.2 cm³/mol. The van der Waals surface area contributed by atoms with Crippen LogP contribution in [0, 0.1) is 0 Å².